The first-order valence-corrected chi connectivity index (χ1v) is 3.65. The fourth-order valence-corrected chi connectivity index (χ4v) is 0.652. The first-order chi connectivity index (χ1) is 5.41. The van der Waals surface area contributed by atoms with Crippen molar-refractivity contribution in [1.82, 2.24) is 10.1 Å². The molecular formula is C7H10BFN2O. The average Bonchev–Trinajstić information content (AvgIpc) is 2.30. The summed E-state index contributed by atoms with van der Waals surface area (Å²) in [4.78, 5) is 3.80. The summed E-state index contributed by atoms with van der Waals surface area (Å²) in [5.41, 5.74) is -0.239. The topological polar surface area (TPSA) is 38.9 Å². The van der Waals surface area contributed by atoms with Gasteiger partial charge >= 0.3 is 0 Å². The summed E-state index contributed by atoms with van der Waals surface area (Å²) < 4.78 is 17.0. The van der Waals surface area contributed by atoms with Crippen LogP contribution < -0.4 is 0 Å². The van der Waals surface area contributed by atoms with Crippen LogP contribution in [-0.4, -0.2) is 18.0 Å². The fourth-order valence-electron chi connectivity index (χ4n) is 0.652. The molecule has 64 valence electrons. The van der Waals surface area contributed by atoms with Crippen LogP contribution >= 0.6 is 0 Å². The summed E-state index contributed by atoms with van der Waals surface area (Å²) in [6, 6.07) is 0. The molecule has 5 heteroatoms. The minimum Gasteiger partial charge on any atom is -0.337 e. The Hall–Kier alpha value is -0.865. The van der Waals surface area contributed by atoms with Crippen molar-refractivity contribution in [3.63, 3.8) is 0 Å². The van der Waals surface area contributed by atoms with Crippen LogP contribution in [-0.2, 0) is 5.41 Å². The lowest BCUT2D eigenvalue weighted by atomic mass is 9.96. The summed E-state index contributed by atoms with van der Waals surface area (Å²) in [5.74, 6) is 0.297. The van der Waals surface area contributed by atoms with Gasteiger partial charge in [-0.2, -0.15) is 4.98 Å². The van der Waals surface area contributed by atoms with Crippen LogP contribution in [0.1, 0.15) is 38.6 Å². The number of hydrogen-bond acceptors (Lipinski definition) is 3. The molecule has 0 saturated heterocycles. The third-order valence-electron chi connectivity index (χ3n) is 1.35. The highest BCUT2D eigenvalue weighted by atomic mass is 19.1. The van der Waals surface area contributed by atoms with Gasteiger partial charge in [-0.25, -0.2) is 4.39 Å². The molecule has 1 unspecified atom stereocenters. The number of hydrogen-bond donors (Lipinski definition) is 0. The van der Waals surface area contributed by atoms with Gasteiger partial charge in [0.25, 0.3) is 5.89 Å². The highest BCUT2D eigenvalue weighted by Gasteiger charge is 2.22. The lowest BCUT2D eigenvalue weighted by molar-refractivity contribution is 0.306. The SMILES string of the molecule is [B]C(F)c1nc(C(C)(C)C)no1. The Bertz CT molecular complexity index is 267. The van der Waals surface area contributed by atoms with Crippen LogP contribution in [0.5, 0.6) is 0 Å². The van der Waals surface area contributed by atoms with Gasteiger partial charge in [-0.15, -0.1) is 0 Å². The molecule has 1 rings (SSSR count). The molecule has 0 fully saturated rings. The number of halogens is 1. The molecular weight excluding hydrogens is 158 g/mol. The van der Waals surface area contributed by atoms with Gasteiger partial charge in [-0.05, 0) is 0 Å². The first-order valence-electron chi connectivity index (χ1n) is 3.65. The molecule has 0 spiro atoms. The lowest BCUT2D eigenvalue weighted by Gasteiger charge is -2.10. The highest BCUT2D eigenvalue weighted by molar-refractivity contribution is 6.10. The average molecular weight is 168 g/mol. The molecule has 1 atom stereocenters. The van der Waals surface area contributed by atoms with Crippen LogP contribution in [0.25, 0.3) is 0 Å². The van der Waals surface area contributed by atoms with Crippen LogP contribution in [0.2, 0.25) is 0 Å². The molecule has 0 amide bonds. The van der Waals surface area contributed by atoms with E-state index >= 15 is 0 Å². The highest BCUT2D eigenvalue weighted by Crippen LogP contribution is 2.20. The Balaban J connectivity index is 2.92. The molecule has 0 N–H and O–H groups in total. The Labute approximate surface area is 71.8 Å². The van der Waals surface area contributed by atoms with Crippen molar-refractivity contribution in [2.24, 2.45) is 0 Å². The van der Waals surface area contributed by atoms with Gasteiger partial charge in [-0.3, -0.25) is 0 Å². The molecule has 2 radical (unpaired) electrons. The van der Waals surface area contributed by atoms with Crippen molar-refractivity contribution in [1.29, 1.82) is 0 Å². The van der Waals surface area contributed by atoms with Crippen LogP contribution in [0.15, 0.2) is 4.52 Å². The standard InChI is InChI=1S/C7H10BFN2O/c1-7(2,3)6-10-5(4(8)9)12-11-6/h4H,1-3H3. The second-order valence-corrected chi connectivity index (χ2v) is 3.61. The van der Waals surface area contributed by atoms with Crippen molar-refractivity contribution >= 4 is 7.85 Å². The molecule has 0 aliphatic heterocycles. The molecule has 0 aliphatic carbocycles. The van der Waals surface area contributed by atoms with Crippen molar-refractivity contribution in [2.45, 2.75) is 32.3 Å². The smallest absolute Gasteiger partial charge is 0.251 e. The molecule has 0 aromatic carbocycles. The van der Waals surface area contributed by atoms with E-state index in [0.29, 0.717) is 5.82 Å². The minimum absolute atomic E-state index is 0.167. The maximum atomic E-state index is 12.4. The second kappa shape index (κ2) is 2.88. The molecule has 1 aromatic heterocycles. The van der Waals surface area contributed by atoms with E-state index in [-0.39, 0.29) is 11.3 Å². The van der Waals surface area contributed by atoms with Gasteiger partial charge in [0.1, 0.15) is 13.9 Å². The lowest BCUT2D eigenvalue weighted by Crippen LogP contribution is -2.13. The monoisotopic (exact) mass is 168 g/mol. The van der Waals surface area contributed by atoms with E-state index in [1.807, 2.05) is 20.8 Å². The largest absolute Gasteiger partial charge is 0.337 e. The Kier molecular flexibility index (Phi) is 2.21. The Morgan fingerprint density at radius 2 is 2.08 bits per heavy atom. The fraction of sp³-hybridized carbons (Fsp3) is 0.714. The summed E-state index contributed by atoms with van der Waals surface area (Å²) in [6.45, 7) is 5.72. The Morgan fingerprint density at radius 3 is 2.33 bits per heavy atom. The van der Waals surface area contributed by atoms with Crippen LogP contribution in [0, 0.1) is 0 Å². The molecule has 0 aliphatic rings. The van der Waals surface area contributed by atoms with Gasteiger partial charge in [0, 0.05) is 5.41 Å². The predicted octanol–water partition coefficient (Wildman–Crippen LogP) is 1.50. The van der Waals surface area contributed by atoms with E-state index in [1.54, 1.807) is 0 Å². The summed E-state index contributed by atoms with van der Waals surface area (Å²) in [7, 11) is 4.91. The van der Waals surface area contributed by atoms with Crippen molar-refractivity contribution in [2.75, 3.05) is 0 Å². The number of rotatable bonds is 1. The molecule has 1 aromatic rings. The predicted molar refractivity (Wildman–Crippen MR) is 42.6 cm³/mol. The zero-order valence-corrected chi connectivity index (χ0v) is 7.34. The second-order valence-electron chi connectivity index (χ2n) is 3.61. The maximum Gasteiger partial charge on any atom is 0.251 e. The van der Waals surface area contributed by atoms with Crippen molar-refractivity contribution < 1.29 is 8.91 Å². The Morgan fingerprint density at radius 1 is 1.50 bits per heavy atom. The van der Waals surface area contributed by atoms with E-state index < -0.39 is 6.07 Å². The van der Waals surface area contributed by atoms with Crippen LogP contribution in [0.4, 0.5) is 4.39 Å². The molecule has 0 bridgehead atoms. The number of aromatic nitrogens is 2. The number of nitrogens with zero attached hydrogens (tertiary/aromatic N) is 2. The minimum atomic E-state index is -1.69. The summed E-state index contributed by atoms with van der Waals surface area (Å²) in [5, 5.41) is 3.60. The zero-order chi connectivity index (χ0) is 9.35. The van der Waals surface area contributed by atoms with E-state index in [9.17, 15) is 4.39 Å². The van der Waals surface area contributed by atoms with Crippen molar-refractivity contribution in [3.8, 4) is 0 Å². The van der Waals surface area contributed by atoms with Gasteiger partial charge in [0.15, 0.2) is 5.82 Å². The molecule has 3 nitrogen and oxygen atoms in total. The quantitative estimate of drug-likeness (QED) is 0.596. The van der Waals surface area contributed by atoms with Crippen LogP contribution in [0.3, 0.4) is 0 Å². The zero-order valence-electron chi connectivity index (χ0n) is 7.34. The van der Waals surface area contributed by atoms with Gasteiger partial charge in [0.2, 0.25) is 0 Å². The van der Waals surface area contributed by atoms with Crippen molar-refractivity contribution in [3.05, 3.63) is 11.7 Å². The van der Waals surface area contributed by atoms with E-state index in [2.05, 4.69) is 14.7 Å². The number of alkyl halides is 1. The van der Waals surface area contributed by atoms with Gasteiger partial charge in [0.05, 0.1) is 0 Å². The van der Waals surface area contributed by atoms with E-state index in [1.165, 1.54) is 0 Å². The third kappa shape index (κ3) is 1.84. The van der Waals surface area contributed by atoms with Gasteiger partial charge in [-0.1, -0.05) is 25.9 Å². The first kappa shape index (κ1) is 9.22. The summed E-state index contributed by atoms with van der Waals surface area (Å²) >= 11 is 0. The molecule has 0 saturated carbocycles. The van der Waals surface area contributed by atoms with Gasteiger partial charge < -0.3 is 4.52 Å². The van der Waals surface area contributed by atoms with E-state index in [4.69, 9.17) is 7.85 Å². The maximum absolute atomic E-state index is 12.4. The summed E-state index contributed by atoms with van der Waals surface area (Å²) in [6.07, 6.45) is -1.69. The third-order valence-corrected chi connectivity index (χ3v) is 1.35. The van der Waals surface area contributed by atoms with E-state index in [0.717, 1.165) is 0 Å². The normalized spacial score (nSPS) is 14.7. The molecule has 12 heavy (non-hydrogen) atoms. The molecule has 1 heterocycles.